The van der Waals surface area contributed by atoms with Crippen LogP contribution in [0.4, 0.5) is 0 Å². The Morgan fingerprint density at radius 2 is 1.71 bits per heavy atom. The molecule has 5 aromatic rings. The minimum absolute atomic E-state index is 0.00516. The van der Waals surface area contributed by atoms with Crippen LogP contribution >= 0.6 is 11.7 Å². The molecular weight excluding hydrogens is 571 g/mol. The molecule has 3 aromatic carbocycles. The molecule has 0 aliphatic heterocycles. The standard InChI is InChI=1S/C31H33N5O4S2/c1-21(37)11-4-2-7-16-27(36-42(39,40)28-18-10-17-26-30(28)35-41-34-26)31(38)32-20-19-24-23-14-8-9-15-25(23)33-29(24)22-12-5-3-6-13-22/h3,5-6,8-10,12-15,17-18,27,33,36H,2,4,7,11,16,19-20H2,1H3,(H,32,38)/t27-/m0/s1. The zero-order valence-electron chi connectivity index (χ0n) is 23.3. The van der Waals surface area contributed by atoms with Crippen LogP contribution in [0.1, 0.15) is 44.6 Å². The summed E-state index contributed by atoms with van der Waals surface area (Å²) in [5.41, 5.74) is 4.92. The van der Waals surface area contributed by atoms with E-state index in [4.69, 9.17) is 0 Å². The summed E-state index contributed by atoms with van der Waals surface area (Å²) >= 11 is 0.938. The average molecular weight is 604 g/mol. The van der Waals surface area contributed by atoms with Crippen LogP contribution in [-0.4, -0.2) is 46.4 Å². The van der Waals surface area contributed by atoms with Gasteiger partial charge in [-0.25, -0.2) is 8.42 Å². The van der Waals surface area contributed by atoms with Gasteiger partial charge in [-0.2, -0.15) is 13.5 Å². The number of benzene rings is 3. The Morgan fingerprint density at radius 3 is 2.52 bits per heavy atom. The van der Waals surface area contributed by atoms with Gasteiger partial charge in [-0.15, -0.1) is 0 Å². The van der Waals surface area contributed by atoms with Gasteiger partial charge in [0.25, 0.3) is 0 Å². The van der Waals surface area contributed by atoms with Crippen LogP contribution in [0.25, 0.3) is 33.2 Å². The van der Waals surface area contributed by atoms with E-state index in [1.165, 1.54) is 6.07 Å². The molecule has 2 aromatic heterocycles. The Kier molecular flexibility index (Phi) is 9.41. The van der Waals surface area contributed by atoms with Crippen molar-refractivity contribution >= 4 is 55.4 Å². The molecule has 0 bridgehead atoms. The second-order valence-electron chi connectivity index (χ2n) is 10.3. The highest BCUT2D eigenvalue weighted by Gasteiger charge is 2.27. The third-order valence-electron chi connectivity index (χ3n) is 7.22. The molecule has 5 rings (SSSR count). The summed E-state index contributed by atoms with van der Waals surface area (Å²) in [4.78, 5) is 28.3. The van der Waals surface area contributed by atoms with Gasteiger partial charge in [0.2, 0.25) is 15.9 Å². The molecule has 3 N–H and O–H groups in total. The van der Waals surface area contributed by atoms with Gasteiger partial charge in [-0.05, 0) is 55.5 Å². The Morgan fingerprint density at radius 1 is 0.929 bits per heavy atom. The van der Waals surface area contributed by atoms with Gasteiger partial charge in [0.15, 0.2) is 0 Å². The largest absolute Gasteiger partial charge is 0.354 e. The lowest BCUT2D eigenvalue weighted by Gasteiger charge is -2.19. The first-order chi connectivity index (χ1) is 20.3. The summed E-state index contributed by atoms with van der Waals surface area (Å²) in [6.07, 6.45) is 3.33. The Balaban J connectivity index is 1.32. The summed E-state index contributed by atoms with van der Waals surface area (Å²) < 4.78 is 37.8. The zero-order valence-corrected chi connectivity index (χ0v) is 24.9. The third-order valence-corrected chi connectivity index (χ3v) is 9.27. The van der Waals surface area contributed by atoms with Crippen LogP contribution in [-0.2, 0) is 26.0 Å². The molecule has 0 aliphatic rings. The van der Waals surface area contributed by atoms with Gasteiger partial charge in [-0.1, -0.05) is 67.4 Å². The van der Waals surface area contributed by atoms with E-state index in [9.17, 15) is 18.0 Å². The van der Waals surface area contributed by atoms with Crippen LogP contribution in [0.5, 0.6) is 0 Å². The number of nitrogens with zero attached hydrogens (tertiary/aromatic N) is 2. The molecule has 0 saturated carbocycles. The van der Waals surface area contributed by atoms with Gasteiger partial charge < -0.3 is 15.1 Å². The third kappa shape index (κ3) is 6.92. The number of sulfonamides is 1. The number of Topliss-reactive ketones (excluding diaryl/α,β-unsaturated/α-hetero) is 1. The summed E-state index contributed by atoms with van der Waals surface area (Å²) in [6, 6.07) is 21.9. The van der Waals surface area contributed by atoms with Crippen LogP contribution in [0, 0.1) is 0 Å². The van der Waals surface area contributed by atoms with E-state index >= 15 is 0 Å². The van der Waals surface area contributed by atoms with Crippen molar-refractivity contribution in [2.45, 2.75) is 56.4 Å². The van der Waals surface area contributed by atoms with Gasteiger partial charge >= 0.3 is 0 Å². The van der Waals surface area contributed by atoms with Crippen LogP contribution < -0.4 is 10.0 Å². The van der Waals surface area contributed by atoms with Crippen molar-refractivity contribution in [2.75, 3.05) is 6.54 Å². The maximum Gasteiger partial charge on any atom is 0.243 e. The molecule has 0 radical (unpaired) electrons. The zero-order chi connectivity index (χ0) is 29.5. The number of fused-ring (bicyclic) bond motifs is 2. The van der Waals surface area contributed by atoms with Crippen molar-refractivity contribution in [3.05, 3.63) is 78.4 Å². The number of carbonyl (C=O) groups excluding carboxylic acids is 2. The number of para-hydroxylation sites is 1. The molecule has 2 heterocycles. The smallest absolute Gasteiger partial charge is 0.243 e. The first-order valence-corrected chi connectivity index (χ1v) is 16.2. The number of hydrogen-bond acceptors (Lipinski definition) is 7. The Labute approximate surface area is 249 Å². The Bertz CT molecular complexity index is 1800. The lowest BCUT2D eigenvalue weighted by molar-refractivity contribution is -0.123. The number of ketones is 1. The molecule has 218 valence electrons. The van der Waals surface area contributed by atoms with Crippen molar-refractivity contribution in [2.24, 2.45) is 0 Å². The fraction of sp³-hybridized carbons (Fsp3) is 0.290. The molecule has 0 unspecified atom stereocenters. The summed E-state index contributed by atoms with van der Waals surface area (Å²) in [5, 5.41) is 4.05. The lowest BCUT2D eigenvalue weighted by Crippen LogP contribution is -2.47. The second kappa shape index (κ2) is 13.4. The maximum absolute atomic E-state index is 13.5. The highest BCUT2D eigenvalue weighted by atomic mass is 32.2. The summed E-state index contributed by atoms with van der Waals surface area (Å²) in [6.45, 7) is 1.88. The van der Waals surface area contributed by atoms with Gasteiger partial charge in [0, 0.05) is 29.6 Å². The Hall–Kier alpha value is -3.93. The second-order valence-corrected chi connectivity index (χ2v) is 12.5. The number of H-pyrrole nitrogens is 1. The van der Waals surface area contributed by atoms with E-state index in [1.54, 1.807) is 19.1 Å². The molecular formula is C31H33N5O4S2. The normalized spacial score (nSPS) is 12.5. The SMILES string of the molecule is CC(=O)CCCCC[C@H](NS(=O)(=O)c1cccc2nsnc12)C(=O)NCCc1c(-c2ccccc2)[nH]c2ccccc12. The van der Waals surface area contributed by atoms with E-state index in [0.29, 0.717) is 50.6 Å². The van der Waals surface area contributed by atoms with Crippen molar-refractivity contribution in [1.82, 2.24) is 23.8 Å². The number of rotatable bonds is 14. The predicted octanol–water partition coefficient (Wildman–Crippen LogP) is 5.38. The van der Waals surface area contributed by atoms with Crippen LogP contribution in [0.2, 0.25) is 0 Å². The highest BCUT2D eigenvalue weighted by Crippen LogP contribution is 2.30. The van der Waals surface area contributed by atoms with Crippen molar-refractivity contribution in [3.8, 4) is 11.3 Å². The maximum atomic E-state index is 13.5. The summed E-state index contributed by atoms with van der Waals surface area (Å²) in [5.74, 6) is -0.281. The molecule has 1 atom stereocenters. The van der Waals surface area contributed by atoms with Crippen LogP contribution in [0.3, 0.4) is 0 Å². The van der Waals surface area contributed by atoms with E-state index in [-0.39, 0.29) is 16.2 Å². The first-order valence-electron chi connectivity index (χ1n) is 14.0. The quantitative estimate of drug-likeness (QED) is 0.146. The van der Waals surface area contributed by atoms with E-state index in [1.807, 2.05) is 48.5 Å². The fourth-order valence-electron chi connectivity index (χ4n) is 5.14. The number of hydrogen-bond donors (Lipinski definition) is 3. The minimum atomic E-state index is -4.06. The van der Waals surface area contributed by atoms with E-state index in [2.05, 4.69) is 29.8 Å². The summed E-state index contributed by atoms with van der Waals surface area (Å²) in [7, 11) is -4.06. The number of amides is 1. The van der Waals surface area contributed by atoms with Crippen LogP contribution in [0.15, 0.2) is 77.7 Å². The minimum Gasteiger partial charge on any atom is -0.354 e. The molecule has 0 spiro atoms. The molecule has 0 saturated heterocycles. The van der Waals surface area contributed by atoms with Crippen molar-refractivity contribution < 1.29 is 18.0 Å². The molecule has 0 aliphatic carbocycles. The van der Waals surface area contributed by atoms with Crippen molar-refractivity contribution in [1.29, 1.82) is 0 Å². The van der Waals surface area contributed by atoms with Gasteiger partial charge in [0.05, 0.1) is 11.7 Å². The fourth-order valence-corrected chi connectivity index (χ4v) is 7.13. The number of unbranched alkanes of at least 4 members (excludes halogenated alkanes) is 2. The molecule has 0 fully saturated rings. The highest BCUT2D eigenvalue weighted by molar-refractivity contribution is 7.89. The topological polar surface area (TPSA) is 134 Å². The lowest BCUT2D eigenvalue weighted by atomic mass is 10.0. The number of nitrogens with one attached hydrogen (secondary N) is 3. The monoisotopic (exact) mass is 603 g/mol. The van der Waals surface area contributed by atoms with Gasteiger partial charge in [-0.3, -0.25) is 4.79 Å². The van der Waals surface area contributed by atoms with Gasteiger partial charge in [0.1, 0.15) is 27.8 Å². The molecule has 11 heteroatoms. The van der Waals surface area contributed by atoms with E-state index in [0.717, 1.165) is 39.5 Å². The number of aromatic nitrogens is 3. The number of aromatic amines is 1. The molecule has 9 nitrogen and oxygen atoms in total. The first kappa shape index (κ1) is 29.6. The van der Waals surface area contributed by atoms with E-state index < -0.39 is 22.0 Å². The predicted molar refractivity (Wildman–Crippen MR) is 166 cm³/mol. The number of carbonyl (C=O) groups is 2. The van der Waals surface area contributed by atoms with Crippen molar-refractivity contribution in [3.63, 3.8) is 0 Å². The molecule has 1 amide bonds. The average Bonchev–Trinajstić information content (AvgIpc) is 3.61. The molecule has 42 heavy (non-hydrogen) atoms.